The van der Waals surface area contributed by atoms with Crippen LogP contribution in [0.1, 0.15) is 96.8 Å². The van der Waals surface area contributed by atoms with Crippen molar-refractivity contribution in [3.05, 3.63) is 30.3 Å². The maximum absolute atomic E-state index is 12.2. The Labute approximate surface area is 155 Å². The second-order valence-corrected chi connectivity index (χ2v) is 9.64. The first-order valence-electron chi connectivity index (χ1n) is 10.5. The van der Waals surface area contributed by atoms with Crippen molar-refractivity contribution >= 4 is 12.7 Å². The summed E-state index contributed by atoms with van der Waals surface area (Å²) >= 11 is 0. The highest BCUT2D eigenvalue weighted by molar-refractivity contribution is 7.64. The lowest BCUT2D eigenvalue weighted by molar-refractivity contribution is -0.171. The Balaban J connectivity index is 1.88. The number of rotatable bonds is 16. The van der Waals surface area contributed by atoms with Gasteiger partial charge in [-0.25, -0.2) is 0 Å². The third-order valence-corrected chi connectivity index (χ3v) is 6.95. The number of unbranched alkanes of at least 4 members (excludes halogenated alkanes) is 13. The molecule has 1 aromatic carbocycles. The summed E-state index contributed by atoms with van der Waals surface area (Å²) in [4.78, 5) is 12.2. The molecular formula is C22H38O2P-. The van der Waals surface area contributed by atoms with Crippen molar-refractivity contribution in [2.75, 3.05) is 6.16 Å². The van der Waals surface area contributed by atoms with Crippen molar-refractivity contribution in [1.29, 1.82) is 0 Å². The molecule has 0 saturated carbocycles. The molecule has 0 saturated heterocycles. The van der Waals surface area contributed by atoms with Crippen molar-refractivity contribution in [3.8, 4) is 0 Å². The number of hydrogen-bond acceptors (Lipinski definition) is 2. The molecular weight excluding hydrogens is 327 g/mol. The smallest absolute Gasteiger partial charge is 0.0433 e. The van der Waals surface area contributed by atoms with Crippen LogP contribution >= 0.6 is 7.37 Å². The molecule has 0 aliphatic rings. The Morgan fingerprint density at radius 1 is 0.680 bits per heavy atom. The van der Waals surface area contributed by atoms with Crippen LogP contribution in [-0.4, -0.2) is 6.16 Å². The maximum Gasteiger partial charge on any atom is 0.0433 e. The van der Waals surface area contributed by atoms with Gasteiger partial charge in [0.15, 0.2) is 0 Å². The second-order valence-electron chi connectivity index (χ2n) is 7.33. The highest BCUT2D eigenvalue weighted by atomic mass is 31.2. The molecule has 1 unspecified atom stereocenters. The summed E-state index contributed by atoms with van der Waals surface area (Å²) in [6.45, 7) is 2.27. The van der Waals surface area contributed by atoms with E-state index >= 15 is 0 Å². The van der Waals surface area contributed by atoms with Gasteiger partial charge in [-0.2, -0.15) is 0 Å². The average Bonchev–Trinajstić information content (AvgIpc) is 2.63. The fourth-order valence-electron chi connectivity index (χ4n) is 3.30. The Kier molecular flexibility index (Phi) is 13.1. The molecule has 1 aromatic rings. The van der Waals surface area contributed by atoms with E-state index in [2.05, 4.69) is 6.92 Å². The average molecular weight is 366 g/mol. The van der Waals surface area contributed by atoms with Crippen LogP contribution in [0.2, 0.25) is 0 Å². The Bertz CT molecular complexity index is 458. The van der Waals surface area contributed by atoms with Crippen molar-refractivity contribution < 1.29 is 9.46 Å². The van der Waals surface area contributed by atoms with Gasteiger partial charge in [0.25, 0.3) is 0 Å². The molecule has 0 N–H and O–H groups in total. The van der Waals surface area contributed by atoms with Gasteiger partial charge in [-0.05, 0) is 17.9 Å². The molecule has 1 atom stereocenters. The van der Waals surface area contributed by atoms with Crippen molar-refractivity contribution in [2.24, 2.45) is 0 Å². The molecule has 0 spiro atoms. The monoisotopic (exact) mass is 365 g/mol. The van der Waals surface area contributed by atoms with Crippen LogP contribution in [0, 0.1) is 0 Å². The molecule has 0 fully saturated rings. The van der Waals surface area contributed by atoms with E-state index in [1.165, 1.54) is 77.0 Å². The van der Waals surface area contributed by atoms with E-state index in [1.54, 1.807) is 24.3 Å². The topological polar surface area (TPSA) is 40.1 Å². The highest BCUT2D eigenvalue weighted by Gasteiger charge is 2.09. The van der Waals surface area contributed by atoms with Gasteiger partial charge in [-0.3, -0.25) is 0 Å². The van der Waals surface area contributed by atoms with Crippen molar-refractivity contribution in [3.63, 3.8) is 0 Å². The van der Waals surface area contributed by atoms with Gasteiger partial charge in [0.2, 0.25) is 0 Å². The lowest BCUT2D eigenvalue weighted by Gasteiger charge is -2.23. The van der Waals surface area contributed by atoms with Gasteiger partial charge in [0, 0.05) is 7.37 Å². The molecule has 144 valence electrons. The van der Waals surface area contributed by atoms with Crippen molar-refractivity contribution in [2.45, 2.75) is 96.8 Å². The first-order valence-corrected chi connectivity index (χ1v) is 12.3. The molecule has 25 heavy (non-hydrogen) atoms. The predicted octanol–water partition coefficient (Wildman–Crippen LogP) is 6.43. The van der Waals surface area contributed by atoms with E-state index in [1.807, 2.05) is 6.07 Å². The van der Waals surface area contributed by atoms with Crippen LogP contribution in [0.25, 0.3) is 0 Å². The minimum absolute atomic E-state index is 0.315. The third kappa shape index (κ3) is 11.6. The first-order chi connectivity index (χ1) is 12.2. The van der Waals surface area contributed by atoms with E-state index in [-0.39, 0.29) is 0 Å². The van der Waals surface area contributed by atoms with E-state index in [9.17, 15) is 9.46 Å². The summed E-state index contributed by atoms with van der Waals surface area (Å²) in [5.74, 6) is 0. The summed E-state index contributed by atoms with van der Waals surface area (Å²) in [7, 11) is -3.38. The van der Waals surface area contributed by atoms with Crippen molar-refractivity contribution in [1.82, 2.24) is 0 Å². The first kappa shape index (κ1) is 22.5. The third-order valence-electron chi connectivity index (χ3n) is 4.96. The lowest BCUT2D eigenvalue weighted by atomic mass is 10.0. The highest BCUT2D eigenvalue weighted by Crippen LogP contribution is 2.35. The molecule has 0 bridgehead atoms. The fourth-order valence-corrected chi connectivity index (χ4v) is 4.82. The zero-order valence-corrected chi connectivity index (χ0v) is 17.2. The zero-order chi connectivity index (χ0) is 18.2. The van der Waals surface area contributed by atoms with Gasteiger partial charge < -0.3 is 9.46 Å². The van der Waals surface area contributed by atoms with E-state index < -0.39 is 7.37 Å². The van der Waals surface area contributed by atoms with Gasteiger partial charge in [0.05, 0.1) is 0 Å². The Hall–Kier alpha value is -0.590. The second kappa shape index (κ2) is 14.6. The van der Waals surface area contributed by atoms with Gasteiger partial charge >= 0.3 is 0 Å². The van der Waals surface area contributed by atoms with Crippen LogP contribution in [0.3, 0.4) is 0 Å². The molecule has 0 radical (unpaired) electrons. The molecule has 0 aliphatic heterocycles. The van der Waals surface area contributed by atoms with E-state index in [0.717, 1.165) is 12.8 Å². The van der Waals surface area contributed by atoms with Crippen LogP contribution in [-0.2, 0) is 4.57 Å². The van der Waals surface area contributed by atoms with E-state index in [4.69, 9.17) is 0 Å². The quantitative estimate of drug-likeness (QED) is 0.250. The van der Waals surface area contributed by atoms with Gasteiger partial charge in [-0.1, -0.05) is 121 Å². The minimum atomic E-state index is -3.38. The normalized spacial score (nSPS) is 13.7. The fraction of sp³-hybridized carbons (Fsp3) is 0.727. The van der Waals surface area contributed by atoms with Gasteiger partial charge in [0.1, 0.15) is 0 Å². The Morgan fingerprint density at radius 3 is 1.52 bits per heavy atom. The summed E-state index contributed by atoms with van der Waals surface area (Å²) in [5.41, 5.74) is 0. The SMILES string of the molecule is CCCCCCCCCCCCCCCCP(=O)([O-])c1ccccc1. The molecule has 0 heterocycles. The molecule has 0 aliphatic carbocycles. The zero-order valence-electron chi connectivity index (χ0n) is 16.3. The van der Waals surface area contributed by atoms with E-state index in [0.29, 0.717) is 11.5 Å². The molecule has 3 heteroatoms. The molecule has 1 rings (SSSR count). The Morgan fingerprint density at radius 2 is 1.08 bits per heavy atom. The largest absolute Gasteiger partial charge is 0.796 e. The standard InChI is InChI=1S/C22H39O2P/c1-2-3-4-5-6-7-8-9-10-11-12-13-14-18-21-25(23,24)22-19-16-15-17-20-22/h15-17,19-20H,2-14,18,21H2,1H3,(H,23,24)/p-1. The lowest BCUT2D eigenvalue weighted by Crippen LogP contribution is -2.17. The molecule has 0 amide bonds. The van der Waals surface area contributed by atoms with Gasteiger partial charge in [-0.15, -0.1) is 0 Å². The summed E-state index contributed by atoms with van der Waals surface area (Å²) in [5, 5.41) is 0.490. The maximum atomic E-state index is 12.2. The van der Waals surface area contributed by atoms with Crippen LogP contribution in [0.5, 0.6) is 0 Å². The number of hydrogen-bond donors (Lipinski definition) is 0. The van der Waals surface area contributed by atoms with Crippen LogP contribution < -0.4 is 10.2 Å². The van der Waals surface area contributed by atoms with Crippen LogP contribution in [0.4, 0.5) is 0 Å². The van der Waals surface area contributed by atoms with Crippen LogP contribution in [0.15, 0.2) is 30.3 Å². The molecule has 0 aromatic heterocycles. The molecule has 2 nitrogen and oxygen atoms in total. The minimum Gasteiger partial charge on any atom is -0.796 e. The predicted molar refractivity (Wildman–Crippen MR) is 109 cm³/mol. The summed E-state index contributed by atoms with van der Waals surface area (Å²) < 4.78 is 12.2. The summed E-state index contributed by atoms with van der Waals surface area (Å²) in [6.07, 6.45) is 18.4. The number of benzene rings is 1. The summed E-state index contributed by atoms with van der Waals surface area (Å²) in [6, 6.07) is 8.86.